The van der Waals surface area contributed by atoms with Crippen molar-refractivity contribution in [1.82, 2.24) is 9.97 Å². The minimum Gasteiger partial charge on any atom is -0.377 e. The lowest BCUT2D eigenvalue weighted by atomic mass is 10.3. The molecule has 0 saturated heterocycles. The van der Waals surface area contributed by atoms with Crippen LogP contribution in [0.25, 0.3) is 0 Å². The van der Waals surface area contributed by atoms with Gasteiger partial charge in [0.15, 0.2) is 11.6 Å². The molecular formula is C10H25Cl3N8O3. The first-order valence-electron chi connectivity index (χ1n) is 6.27. The van der Waals surface area contributed by atoms with E-state index in [0.717, 1.165) is 0 Å². The highest BCUT2D eigenvalue weighted by molar-refractivity contribution is 5.86. The van der Waals surface area contributed by atoms with Gasteiger partial charge in [-0.05, 0) is 0 Å². The first-order chi connectivity index (χ1) is 9.90. The Labute approximate surface area is 158 Å². The van der Waals surface area contributed by atoms with Gasteiger partial charge in [0.1, 0.15) is 30.7 Å². The molecular weight excluding hydrogens is 387 g/mol. The summed E-state index contributed by atoms with van der Waals surface area (Å²) in [6.07, 6.45) is -1.92. The van der Waals surface area contributed by atoms with Crippen molar-refractivity contribution in [2.45, 2.75) is 18.7 Å². The number of aliphatic hydroxyl groups is 3. The van der Waals surface area contributed by atoms with Crippen LogP contribution in [0.2, 0.25) is 0 Å². The number of nitrogens with two attached hydrogens (primary N) is 3. The number of halogens is 3. The summed E-state index contributed by atoms with van der Waals surface area (Å²) in [4.78, 5) is 8.02. The van der Waals surface area contributed by atoms with Crippen LogP contribution in [0.5, 0.6) is 0 Å². The molecule has 1 heterocycles. The predicted octanol–water partition coefficient (Wildman–Crippen LogP) is -2.19. The molecule has 144 valence electrons. The van der Waals surface area contributed by atoms with Crippen LogP contribution in [0.1, 0.15) is 0 Å². The van der Waals surface area contributed by atoms with Crippen LogP contribution < -0.4 is 33.2 Å². The number of anilines is 3. The van der Waals surface area contributed by atoms with E-state index in [2.05, 4.69) is 25.9 Å². The molecule has 14 heteroatoms. The Morgan fingerprint density at radius 2 is 1.08 bits per heavy atom. The Bertz CT molecular complexity index is 412. The van der Waals surface area contributed by atoms with E-state index in [4.69, 9.17) is 32.5 Å². The zero-order valence-corrected chi connectivity index (χ0v) is 15.1. The smallest absolute Gasteiger partial charge is 0.155 e. The molecule has 0 spiro atoms. The molecule has 1 aromatic heterocycles. The molecule has 0 bridgehead atoms. The van der Waals surface area contributed by atoms with Crippen molar-refractivity contribution in [2.24, 2.45) is 17.2 Å². The Morgan fingerprint density at radius 3 is 1.42 bits per heavy atom. The standard InChI is InChI=1S/C10H22N8O3.3ClH/c11-5(19)1-14-8-9(15-2-6(12)20)17-4-18-10(8)16-3-7(13)21;;;/h4-7,14,19-21H,1-3,11-13H2,(H2,15,16,17,18);3*1H. The Balaban J connectivity index is -0.00000147. The van der Waals surface area contributed by atoms with E-state index in [1.54, 1.807) is 0 Å². The molecule has 3 atom stereocenters. The number of aliphatic hydroxyl groups excluding tert-OH is 3. The summed E-state index contributed by atoms with van der Waals surface area (Å²) >= 11 is 0. The second-order valence-electron chi connectivity index (χ2n) is 4.29. The fourth-order valence-electron chi connectivity index (χ4n) is 1.43. The van der Waals surface area contributed by atoms with Crippen LogP contribution in [-0.4, -0.2) is 63.6 Å². The van der Waals surface area contributed by atoms with Gasteiger partial charge < -0.3 is 48.5 Å². The lowest BCUT2D eigenvalue weighted by molar-refractivity contribution is 0.194. The first-order valence-corrected chi connectivity index (χ1v) is 6.27. The Morgan fingerprint density at radius 1 is 0.750 bits per heavy atom. The van der Waals surface area contributed by atoms with Crippen LogP contribution in [0.4, 0.5) is 17.3 Å². The van der Waals surface area contributed by atoms with Gasteiger partial charge in [0.25, 0.3) is 0 Å². The van der Waals surface area contributed by atoms with E-state index < -0.39 is 18.7 Å². The fraction of sp³-hybridized carbons (Fsp3) is 0.600. The average Bonchev–Trinajstić information content (AvgIpc) is 2.40. The summed E-state index contributed by atoms with van der Waals surface area (Å²) in [6, 6.07) is 0. The summed E-state index contributed by atoms with van der Waals surface area (Å²) in [5, 5.41) is 35.8. The minimum absolute atomic E-state index is 0. The van der Waals surface area contributed by atoms with Crippen molar-refractivity contribution in [3.8, 4) is 0 Å². The van der Waals surface area contributed by atoms with E-state index >= 15 is 0 Å². The van der Waals surface area contributed by atoms with Crippen LogP contribution in [-0.2, 0) is 0 Å². The molecule has 0 saturated carbocycles. The molecule has 0 aliphatic heterocycles. The monoisotopic (exact) mass is 410 g/mol. The van der Waals surface area contributed by atoms with Crippen molar-refractivity contribution in [3.05, 3.63) is 6.33 Å². The van der Waals surface area contributed by atoms with Crippen molar-refractivity contribution in [1.29, 1.82) is 0 Å². The minimum atomic E-state index is -1.08. The zero-order chi connectivity index (χ0) is 15.8. The largest absolute Gasteiger partial charge is 0.377 e. The first kappa shape index (κ1) is 27.9. The highest BCUT2D eigenvalue weighted by Gasteiger charge is 2.13. The topological polar surface area (TPSA) is 201 Å². The Hall–Kier alpha value is -0.890. The van der Waals surface area contributed by atoms with E-state index in [-0.39, 0.29) is 56.9 Å². The lowest BCUT2D eigenvalue weighted by Crippen LogP contribution is -2.32. The molecule has 24 heavy (non-hydrogen) atoms. The van der Waals surface area contributed by atoms with Gasteiger partial charge in [0.05, 0.1) is 19.6 Å². The van der Waals surface area contributed by atoms with Crippen LogP contribution in [0, 0.1) is 0 Å². The van der Waals surface area contributed by atoms with Crippen molar-refractivity contribution < 1.29 is 15.3 Å². The number of aromatic nitrogens is 2. The van der Waals surface area contributed by atoms with Crippen molar-refractivity contribution >= 4 is 54.5 Å². The maximum atomic E-state index is 9.15. The van der Waals surface area contributed by atoms with Crippen molar-refractivity contribution in [2.75, 3.05) is 35.6 Å². The lowest BCUT2D eigenvalue weighted by Gasteiger charge is -2.18. The normalized spacial score (nSPS) is 13.2. The van der Waals surface area contributed by atoms with Gasteiger partial charge in [-0.15, -0.1) is 37.2 Å². The van der Waals surface area contributed by atoms with Crippen molar-refractivity contribution in [3.63, 3.8) is 0 Å². The maximum Gasteiger partial charge on any atom is 0.155 e. The number of rotatable bonds is 9. The molecule has 0 fully saturated rings. The number of hydrogen-bond donors (Lipinski definition) is 9. The molecule has 1 rings (SSSR count). The van der Waals surface area contributed by atoms with Crippen LogP contribution in [0.3, 0.4) is 0 Å². The SMILES string of the molecule is Cl.Cl.Cl.NC(O)CNc1ncnc(NCC(N)O)c1NCC(N)O. The van der Waals surface area contributed by atoms with Gasteiger partial charge >= 0.3 is 0 Å². The molecule has 0 aliphatic carbocycles. The van der Waals surface area contributed by atoms with Gasteiger partial charge in [-0.1, -0.05) is 0 Å². The third-order valence-corrected chi connectivity index (χ3v) is 2.29. The molecule has 0 radical (unpaired) electrons. The highest BCUT2D eigenvalue weighted by atomic mass is 35.5. The molecule has 3 unspecified atom stereocenters. The number of nitrogens with zero attached hydrogens (tertiary/aromatic N) is 2. The van der Waals surface area contributed by atoms with E-state index in [9.17, 15) is 0 Å². The second-order valence-corrected chi connectivity index (χ2v) is 4.29. The number of nitrogens with one attached hydrogen (secondary N) is 3. The zero-order valence-electron chi connectivity index (χ0n) is 12.6. The fourth-order valence-corrected chi connectivity index (χ4v) is 1.43. The summed E-state index contributed by atoms with van der Waals surface area (Å²) in [6.45, 7) is 0.179. The average molecular weight is 412 g/mol. The van der Waals surface area contributed by atoms with E-state index in [1.165, 1.54) is 6.33 Å². The van der Waals surface area contributed by atoms with E-state index in [0.29, 0.717) is 17.3 Å². The molecule has 0 amide bonds. The molecule has 1 aromatic rings. The predicted molar refractivity (Wildman–Crippen MR) is 99.8 cm³/mol. The maximum absolute atomic E-state index is 9.15. The van der Waals surface area contributed by atoms with Crippen LogP contribution >= 0.6 is 37.2 Å². The van der Waals surface area contributed by atoms with Gasteiger partial charge in [-0.25, -0.2) is 9.97 Å². The van der Waals surface area contributed by atoms with Gasteiger partial charge in [-0.2, -0.15) is 0 Å². The van der Waals surface area contributed by atoms with Crippen LogP contribution in [0.15, 0.2) is 6.33 Å². The molecule has 11 nitrogen and oxygen atoms in total. The Kier molecular flexibility index (Phi) is 16.8. The third kappa shape index (κ3) is 10.8. The number of hydrogen-bond acceptors (Lipinski definition) is 11. The third-order valence-electron chi connectivity index (χ3n) is 2.29. The molecule has 0 aromatic carbocycles. The molecule has 0 aliphatic rings. The van der Waals surface area contributed by atoms with E-state index in [1.807, 2.05) is 0 Å². The quantitative estimate of drug-likeness (QED) is 0.200. The summed E-state index contributed by atoms with van der Waals surface area (Å²) in [5.74, 6) is 0.702. The summed E-state index contributed by atoms with van der Waals surface area (Å²) < 4.78 is 0. The molecule has 12 N–H and O–H groups in total. The summed E-state index contributed by atoms with van der Waals surface area (Å²) in [5.41, 5.74) is 16.2. The van der Waals surface area contributed by atoms with Gasteiger partial charge in [0, 0.05) is 0 Å². The second kappa shape index (κ2) is 14.5. The highest BCUT2D eigenvalue weighted by Crippen LogP contribution is 2.26. The van der Waals surface area contributed by atoms with Gasteiger partial charge in [-0.3, -0.25) is 0 Å². The summed E-state index contributed by atoms with van der Waals surface area (Å²) in [7, 11) is 0. The van der Waals surface area contributed by atoms with Gasteiger partial charge in [0.2, 0.25) is 0 Å².